The Morgan fingerprint density at radius 1 is 1.00 bits per heavy atom. The van der Waals surface area contributed by atoms with Crippen LogP contribution in [0.25, 0.3) is 0 Å². The van der Waals surface area contributed by atoms with Crippen LogP contribution in [-0.2, 0) is 22.4 Å². The summed E-state index contributed by atoms with van der Waals surface area (Å²) in [6, 6.07) is 14.7. The van der Waals surface area contributed by atoms with Crippen LogP contribution in [0.2, 0.25) is 5.02 Å². The van der Waals surface area contributed by atoms with E-state index in [1.54, 1.807) is 31.4 Å². The molecule has 132 valence electrons. The summed E-state index contributed by atoms with van der Waals surface area (Å²) >= 11 is 5.80. The summed E-state index contributed by atoms with van der Waals surface area (Å²) in [5, 5.41) is 6.01. The minimum Gasteiger partial charge on any atom is -0.496 e. The number of carbonyl (C=O) groups excluding carboxylic acids is 2. The molecule has 0 spiro atoms. The van der Waals surface area contributed by atoms with Crippen molar-refractivity contribution in [3.05, 3.63) is 64.7 Å². The van der Waals surface area contributed by atoms with E-state index in [2.05, 4.69) is 10.6 Å². The van der Waals surface area contributed by atoms with Crippen molar-refractivity contribution in [3.8, 4) is 5.75 Å². The van der Waals surface area contributed by atoms with Gasteiger partial charge in [0, 0.05) is 11.6 Å². The van der Waals surface area contributed by atoms with E-state index in [4.69, 9.17) is 16.3 Å². The highest BCUT2D eigenvalue weighted by molar-refractivity contribution is 6.30. The minimum atomic E-state index is -0.223. The Bertz CT molecular complexity index is 717. The quantitative estimate of drug-likeness (QED) is 0.759. The van der Waals surface area contributed by atoms with Crippen LogP contribution >= 0.6 is 11.6 Å². The molecule has 0 saturated carbocycles. The van der Waals surface area contributed by atoms with Crippen LogP contribution < -0.4 is 15.4 Å². The molecule has 2 rings (SSSR count). The van der Waals surface area contributed by atoms with Gasteiger partial charge in [0.25, 0.3) is 0 Å². The number of methoxy groups -OCH3 is 1. The van der Waals surface area contributed by atoms with Crippen LogP contribution in [0.5, 0.6) is 5.75 Å². The first-order valence-electron chi connectivity index (χ1n) is 7.98. The first-order chi connectivity index (χ1) is 12.1. The van der Waals surface area contributed by atoms with E-state index in [-0.39, 0.29) is 24.8 Å². The lowest BCUT2D eigenvalue weighted by atomic mass is 10.1. The second-order valence-electron chi connectivity index (χ2n) is 5.49. The lowest BCUT2D eigenvalue weighted by Crippen LogP contribution is -2.38. The molecule has 0 aliphatic carbocycles. The number of hydrogen-bond donors (Lipinski definition) is 2. The number of ether oxygens (including phenoxy) is 1. The monoisotopic (exact) mass is 360 g/mol. The van der Waals surface area contributed by atoms with Crippen LogP contribution in [-0.4, -0.2) is 32.0 Å². The minimum absolute atomic E-state index is 0.0433. The van der Waals surface area contributed by atoms with E-state index < -0.39 is 0 Å². The molecule has 6 heteroatoms. The maximum atomic E-state index is 11.8. The first-order valence-corrected chi connectivity index (χ1v) is 8.36. The number of hydrogen-bond acceptors (Lipinski definition) is 3. The number of nitrogens with one attached hydrogen (secondary N) is 2. The maximum absolute atomic E-state index is 11.8. The van der Waals surface area contributed by atoms with Crippen LogP contribution in [0.4, 0.5) is 0 Å². The normalized spacial score (nSPS) is 10.2. The molecule has 0 heterocycles. The smallest absolute Gasteiger partial charge is 0.239 e. The molecule has 2 aromatic rings. The summed E-state index contributed by atoms with van der Waals surface area (Å²) in [6.45, 7) is 0.435. The van der Waals surface area contributed by atoms with Crippen molar-refractivity contribution in [1.82, 2.24) is 10.6 Å². The predicted octanol–water partition coefficient (Wildman–Crippen LogP) is 2.37. The van der Waals surface area contributed by atoms with Gasteiger partial charge in [-0.3, -0.25) is 9.59 Å². The van der Waals surface area contributed by atoms with Crippen molar-refractivity contribution >= 4 is 23.4 Å². The van der Waals surface area contributed by atoms with Crippen molar-refractivity contribution in [2.45, 2.75) is 12.8 Å². The van der Waals surface area contributed by atoms with Crippen molar-refractivity contribution in [3.63, 3.8) is 0 Å². The van der Waals surface area contributed by atoms with Gasteiger partial charge in [-0.05, 0) is 35.7 Å². The van der Waals surface area contributed by atoms with E-state index in [0.717, 1.165) is 16.9 Å². The molecule has 25 heavy (non-hydrogen) atoms. The second-order valence-corrected chi connectivity index (χ2v) is 5.93. The Morgan fingerprint density at radius 3 is 2.44 bits per heavy atom. The molecule has 0 bridgehead atoms. The molecule has 0 unspecified atom stereocenters. The van der Waals surface area contributed by atoms with Gasteiger partial charge >= 0.3 is 0 Å². The van der Waals surface area contributed by atoms with Gasteiger partial charge in [0.05, 0.1) is 20.1 Å². The largest absolute Gasteiger partial charge is 0.496 e. The number of rotatable bonds is 8. The second kappa shape index (κ2) is 9.69. The van der Waals surface area contributed by atoms with E-state index in [1.165, 1.54) is 0 Å². The summed E-state index contributed by atoms with van der Waals surface area (Å²) in [7, 11) is 1.62. The van der Waals surface area contributed by atoms with Crippen LogP contribution in [0.15, 0.2) is 48.5 Å². The fourth-order valence-electron chi connectivity index (χ4n) is 2.34. The zero-order valence-electron chi connectivity index (χ0n) is 14.0. The number of carbonyl (C=O) groups is 2. The summed E-state index contributed by atoms with van der Waals surface area (Å²) in [5.74, 6) is 0.370. The van der Waals surface area contributed by atoms with Crippen LogP contribution in [0, 0.1) is 0 Å². The van der Waals surface area contributed by atoms with Crippen LogP contribution in [0.1, 0.15) is 11.1 Å². The number of para-hydroxylation sites is 1. The van der Waals surface area contributed by atoms with Crippen molar-refractivity contribution in [1.29, 1.82) is 0 Å². The standard InChI is InChI=1S/C19H21ClN2O3/c1-25-17-5-3-2-4-15(17)10-11-21-19(24)13-22-18(23)12-14-6-8-16(20)9-7-14/h2-9H,10-13H2,1H3,(H,21,24)(H,22,23). The Balaban J connectivity index is 1.68. The van der Waals surface area contributed by atoms with Gasteiger partial charge in [0.2, 0.25) is 11.8 Å². The first kappa shape index (κ1) is 18.8. The summed E-state index contributed by atoms with van der Waals surface area (Å²) in [5.41, 5.74) is 1.87. The maximum Gasteiger partial charge on any atom is 0.239 e. The van der Waals surface area contributed by atoms with Crippen molar-refractivity contribution in [2.24, 2.45) is 0 Å². The Hall–Kier alpha value is -2.53. The Labute approximate surface area is 152 Å². The molecular formula is C19H21ClN2O3. The van der Waals surface area contributed by atoms with E-state index >= 15 is 0 Å². The fourth-order valence-corrected chi connectivity index (χ4v) is 2.46. The van der Waals surface area contributed by atoms with Crippen molar-refractivity contribution < 1.29 is 14.3 Å². The van der Waals surface area contributed by atoms with Gasteiger partial charge in [-0.15, -0.1) is 0 Å². The zero-order valence-corrected chi connectivity index (χ0v) is 14.8. The lowest BCUT2D eigenvalue weighted by Gasteiger charge is -2.09. The molecule has 0 aromatic heterocycles. The lowest BCUT2D eigenvalue weighted by molar-refractivity contribution is -0.125. The molecule has 5 nitrogen and oxygen atoms in total. The van der Waals surface area contributed by atoms with Crippen molar-refractivity contribution in [2.75, 3.05) is 20.2 Å². The predicted molar refractivity (Wildman–Crippen MR) is 97.9 cm³/mol. The molecule has 2 amide bonds. The summed E-state index contributed by atoms with van der Waals surface area (Å²) < 4.78 is 5.27. The number of amides is 2. The molecule has 0 radical (unpaired) electrons. The van der Waals surface area contributed by atoms with Gasteiger partial charge in [0.1, 0.15) is 5.75 Å². The van der Waals surface area contributed by atoms with Crippen LogP contribution in [0.3, 0.4) is 0 Å². The third kappa shape index (κ3) is 6.47. The SMILES string of the molecule is COc1ccccc1CCNC(=O)CNC(=O)Cc1ccc(Cl)cc1. The highest BCUT2D eigenvalue weighted by Gasteiger charge is 2.07. The van der Waals surface area contributed by atoms with Gasteiger partial charge in [0.15, 0.2) is 0 Å². The van der Waals surface area contributed by atoms with E-state index in [9.17, 15) is 9.59 Å². The van der Waals surface area contributed by atoms with E-state index in [0.29, 0.717) is 18.0 Å². The molecule has 0 aliphatic heterocycles. The van der Waals surface area contributed by atoms with Gasteiger partial charge in [-0.1, -0.05) is 41.9 Å². The third-order valence-electron chi connectivity index (χ3n) is 3.63. The Morgan fingerprint density at radius 2 is 1.72 bits per heavy atom. The summed E-state index contributed by atoms with van der Waals surface area (Å²) in [6.07, 6.45) is 0.875. The molecule has 0 atom stereocenters. The average molecular weight is 361 g/mol. The molecular weight excluding hydrogens is 340 g/mol. The highest BCUT2D eigenvalue weighted by atomic mass is 35.5. The van der Waals surface area contributed by atoms with Gasteiger partial charge in [-0.25, -0.2) is 0 Å². The fraction of sp³-hybridized carbons (Fsp3) is 0.263. The molecule has 0 fully saturated rings. The average Bonchev–Trinajstić information content (AvgIpc) is 2.62. The molecule has 0 saturated heterocycles. The van der Waals surface area contributed by atoms with E-state index in [1.807, 2.05) is 24.3 Å². The summed E-state index contributed by atoms with van der Waals surface area (Å²) in [4.78, 5) is 23.7. The molecule has 0 aliphatic rings. The number of halogens is 1. The zero-order chi connectivity index (χ0) is 18.1. The molecule has 2 N–H and O–H groups in total. The third-order valence-corrected chi connectivity index (χ3v) is 3.89. The molecule has 2 aromatic carbocycles. The Kier molecular flexibility index (Phi) is 7.29. The van der Waals surface area contributed by atoms with Gasteiger partial charge < -0.3 is 15.4 Å². The topological polar surface area (TPSA) is 67.4 Å². The highest BCUT2D eigenvalue weighted by Crippen LogP contribution is 2.17. The number of benzene rings is 2. The van der Waals surface area contributed by atoms with Gasteiger partial charge in [-0.2, -0.15) is 0 Å².